The first-order chi connectivity index (χ1) is 11.8. The van der Waals surface area contributed by atoms with Gasteiger partial charge in [-0.05, 0) is 34.8 Å². The molecule has 24 heavy (non-hydrogen) atoms. The van der Waals surface area contributed by atoms with Crippen molar-refractivity contribution in [3.05, 3.63) is 119 Å². The lowest BCUT2D eigenvalue weighted by Gasteiger charge is -2.09. The van der Waals surface area contributed by atoms with Crippen LogP contribution in [0.3, 0.4) is 0 Å². The third-order valence-electron chi connectivity index (χ3n) is 4.58. The largest absolute Gasteiger partial charge is 0.0647 e. The second-order valence-corrected chi connectivity index (χ2v) is 6.33. The molecule has 116 valence electrons. The number of aryl methyl sites for hydroxylation is 1. The summed E-state index contributed by atoms with van der Waals surface area (Å²) in [5, 5.41) is 0. The number of rotatable bonds is 3. The number of hydrogen-bond acceptors (Lipinski definition) is 0. The molecule has 0 bridgehead atoms. The summed E-state index contributed by atoms with van der Waals surface area (Å²) in [6.07, 6.45) is 4.79. The van der Waals surface area contributed by atoms with Gasteiger partial charge in [-0.1, -0.05) is 103 Å². The van der Waals surface area contributed by atoms with Gasteiger partial charge in [-0.3, -0.25) is 0 Å². The summed E-state index contributed by atoms with van der Waals surface area (Å²) >= 11 is 0. The summed E-state index contributed by atoms with van der Waals surface area (Å²) in [6, 6.07) is 30.2. The fourth-order valence-corrected chi connectivity index (χ4v) is 3.40. The lowest BCUT2D eigenvalue weighted by molar-refractivity contribution is 1.10. The molecule has 0 spiro atoms. The minimum absolute atomic E-state index is 0.329. The van der Waals surface area contributed by atoms with Gasteiger partial charge in [0.15, 0.2) is 0 Å². The zero-order valence-electron chi connectivity index (χ0n) is 13.8. The van der Waals surface area contributed by atoms with E-state index in [0.717, 1.165) is 0 Å². The van der Waals surface area contributed by atoms with Crippen LogP contribution in [-0.2, 0) is 0 Å². The first-order valence-electron chi connectivity index (χ1n) is 8.43. The van der Waals surface area contributed by atoms with E-state index in [1.54, 1.807) is 0 Å². The maximum atomic E-state index is 2.40. The molecule has 1 aliphatic carbocycles. The predicted molar refractivity (Wildman–Crippen MR) is 103 cm³/mol. The van der Waals surface area contributed by atoms with Crippen molar-refractivity contribution in [2.24, 2.45) is 0 Å². The molecule has 0 nitrogen and oxygen atoms in total. The molecule has 0 saturated heterocycles. The van der Waals surface area contributed by atoms with Crippen molar-refractivity contribution >= 4 is 11.1 Å². The first-order valence-corrected chi connectivity index (χ1v) is 8.43. The van der Waals surface area contributed by atoms with Crippen molar-refractivity contribution < 1.29 is 0 Å². The van der Waals surface area contributed by atoms with E-state index in [1.165, 1.54) is 33.4 Å². The zero-order valence-corrected chi connectivity index (χ0v) is 13.8. The number of benzene rings is 3. The Kier molecular flexibility index (Phi) is 3.88. The molecule has 0 heterocycles. The topological polar surface area (TPSA) is 0 Å². The van der Waals surface area contributed by atoms with Crippen molar-refractivity contribution in [3.63, 3.8) is 0 Å². The van der Waals surface area contributed by atoms with Gasteiger partial charge in [0.2, 0.25) is 0 Å². The van der Waals surface area contributed by atoms with Gasteiger partial charge in [-0.15, -0.1) is 0 Å². The van der Waals surface area contributed by atoms with Crippen LogP contribution in [0.15, 0.2) is 97.1 Å². The molecule has 1 aliphatic rings. The minimum atomic E-state index is 0.329. The molecule has 0 radical (unpaired) electrons. The molecule has 0 aliphatic heterocycles. The fourth-order valence-electron chi connectivity index (χ4n) is 3.40. The van der Waals surface area contributed by atoms with E-state index in [2.05, 4.69) is 104 Å². The number of hydrogen-bond donors (Lipinski definition) is 0. The molecule has 0 heteroatoms. The van der Waals surface area contributed by atoms with Gasteiger partial charge in [0.1, 0.15) is 0 Å². The molecule has 4 rings (SSSR count). The highest BCUT2D eigenvalue weighted by Gasteiger charge is 2.21. The van der Waals surface area contributed by atoms with Gasteiger partial charge in [0.25, 0.3) is 0 Å². The second-order valence-electron chi connectivity index (χ2n) is 6.33. The lowest BCUT2D eigenvalue weighted by atomic mass is 9.95. The van der Waals surface area contributed by atoms with Gasteiger partial charge >= 0.3 is 0 Å². The molecule has 3 aromatic rings. The maximum Gasteiger partial charge on any atom is 0.0217 e. The van der Waals surface area contributed by atoms with Gasteiger partial charge in [0.05, 0.1) is 0 Å². The van der Waals surface area contributed by atoms with E-state index in [4.69, 9.17) is 0 Å². The molecule has 0 amide bonds. The highest BCUT2D eigenvalue weighted by atomic mass is 14.2. The van der Waals surface area contributed by atoms with E-state index in [-0.39, 0.29) is 0 Å². The van der Waals surface area contributed by atoms with Gasteiger partial charge in [0, 0.05) is 5.92 Å². The van der Waals surface area contributed by atoms with Crippen LogP contribution in [0.2, 0.25) is 0 Å². The summed E-state index contributed by atoms with van der Waals surface area (Å²) in [5.74, 6) is 0.329. The lowest BCUT2D eigenvalue weighted by Crippen LogP contribution is -1.89. The van der Waals surface area contributed by atoms with Crippen molar-refractivity contribution in [1.82, 2.24) is 0 Å². The summed E-state index contributed by atoms with van der Waals surface area (Å²) in [5.41, 5.74) is 7.88. The van der Waals surface area contributed by atoms with Crippen LogP contribution in [0.1, 0.15) is 28.2 Å². The van der Waals surface area contributed by atoms with Crippen molar-refractivity contribution in [3.8, 4) is 0 Å². The molecule has 0 N–H and O–H groups in total. The summed E-state index contributed by atoms with van der Waals surface area (Å²) in [7, 11) is 0. The Bertz CT molecular complexity index is 844. The van der Waals surface area contributed by atoms with E-state index >= 15 is 0 Å². The Hall–Kier alpha value is -2.86. The Balaban J connectivity index is 1.83. The van der Waals surface area contributed by atoms with E-state index < -0.39 is 0 Å². The average Bonchev–Trinajstić information content (AvgIpc) is 3.09. The van der Waals surface area contributed by atoms with Crippen LogP contribution in [0.4, 0.5) is 0 Å². The summed E-state index contributed by atoms with van der Waals surface area (Å²) in [6.45, 7) is 2.15. The monoisotopic (exact) mass is 308 g/mol. The van der Waals surface area contributed by atoms with Crippen LogP contribution >= 0.6 is 0 Å². The Morgan fingerprint density at radius 1 is 0.583 bits per heavy atom. The Morgan fingerprint density at radius 3 is 1.62 bits per heavy atom. The highest BCUT2D eigenvalue weighted by Crippen LogP contribution is 2.41. The van der Waals surface area contributed by atoms with Crippen LogP contribution in [0.5, 0.6) is 0 Å². The van der Waals surface area contributed by atoms with E-state index in [0.29, 0.717) is 5.92 Å². The molecule has 0 fully saturated rings. The maximum absolute atomic E-state index is 2.40. The first kappa shape index (κ1) is 14.7. The predicted octanol–water partition coefficient (Wildman–Crippen LogP) is 6.26. The highest BCUT2D eigenvalue weighted by molar-refractivity contribution is 6.07. The fraction of sp³-hybridized carbons (Fsp3) is 0.0833. The van der Waals surface area contributed by atoms with Gasteiger partial charge in [-0.2, -0.15) is 0 Å². The molecular formula is C24H20. The Morgan fingerprint density at radius 2 is 1.12 bits per heavy atom. The van der Waals surface area contributed by atoms with Crippen molar-refractivity contribution in [2.75, 3.05) is 0 Å². The average molecular weight is 308 g/mol. The van der Waals surface area contributed by atoms with E-state index in [9.17, 15) is 0 Å². The molecular weight excluding hydrogens is 288 g/mol. The molecule has 3 aromatic carbocycles. The van der Waals surface area contributed by atoms with Crippen LogP contribution in [0, 0.1) is 6.92 Å². The molecule has 0 saturated carbocycles. The molecule has 0 aromatic heterocycles. The quantitative estimate of drug-likeness (QED) is 0.535. The van der Waals surface area contributed by atoms with E-state index in [1.807, 2.05) is 0 Å². The smallest absolute Gasteiger partial charge is 0.0217 e. The van der Waals surface area contributed by atoms with Crippen LogP contribution < -0.4 is 0 Å². The SMILES string of the molecule is Cc1cccc(C2C=C(c3ccccc3)C(c3ccccc3)=C2)c1. The van der Waals surface area contributed by atoms with Crippen LogP contribution in [0.25, 0.3) is 11.1 Å². The minimum Gasteiger partial charge on any atom is -0.0647 e. The van der Waals surface area contributed by atoms with Crippen LogP contribution in [-0.4, -0.2) is 0 Å². The van der Waals surface area contributed by atoms with Crippen molar-refractivity contribution in [1.29, 1.82) is 0 Å². The third kappa shape index (κ3) is 2.83. The van der Waals surface area contributed by atoms with Gasteiger partial charge < -0.3 is 0 Å². The molecule has 0 atom stereocenters. The van der Waals surface area contributed by atoms with Crippen molar-refractivity contribution in [2.45, 2.75) is 12.8 Å². The molecule has 0 unspecified atom stereocenters. The second kappa shape index (κ2) is 6.33. The third-order valence-corrected chi connectivity index (χ3v) is 4.58. The normalized spacial score (nSPS) is 14.4. The standard InChI is InChI=1S/C24H20/c1-18-9-8-14-21(15-18)22-16-23(19-10-4-2-5-11-19)24(17-22)20-12-6-3-7-13-20/h2-17,22H,1H3. The Labute approximate surface area is 143 Å². The summed E-state index contributed by atoms with van der Waals surface area (Å²) in [4.78, 5) is 0. The zero-order chi connectivity index (χ0) is 16.4. The summed E-state index contributed by atoms with van der Waals surface area (Å²) < 4.78 is 0. The van der Waals surface area contributed by atoms with Gasteiger partial charge in [-0.25, -0.2) is 0 Å². The number of allylic oxidation sites excluding steroid dienone is 4.